The highest BCUT2D eigenvalue weighted by molar-refractivity contribution is 6.06. The lowest BCUT2D eigenvalue weighted by Gasteiger charge is -2.12. The fourth-order valence-corrected chi connectivity index (χ4v) is 2.11. The fraction of sp³-hybridized carbons (Fsp3) is 0.0625. The highest BCUT2D eigenvalue weighted by atomic mass is 16.6. The standard InChI is InChI=1S/C16H12N2O8/c1-26-13-3-2-8(7-12(13)18(24)25)14(19)17-11-5-9(15(20)21)4-10(6-11)16(22)23/h2-7H,1H3,(H,17,19)(H,20,21)(H,22,23)/p-2. The monoisotopic (exact) mass is 358 g/mol. The number of amides is 1. The van der Waals surface area contributed by atoms with Gasteiger partial charge >= 0.3 is 5.69 Å². The molecule has 0 aromatic heterocycles. The molecule has 1 amide bonds. The first-order valence-electron chi connectivity index (χ1n) is 6.94. The average molecular weight is 358 g/mol. The molecule has 0 bridgehead atoms. The fourth-order valence-electron chi connectivity index (χ4n) is 2.11. The van der Waals surface area contributed by atoms with Crippen molar-refractivity contribution in [1.29, 1.82) is 0 Å². The number of nitro groups is 1. The van der Waals surface area contributed by atoms with Crippen molar-refractivity contribution in [2.75, 3.05) is 12.4 Å². The highest BCUT2D eigenvalue weighted by Crippen LogP contribution is 2.28. The third kappa shape index (κ3) is 3.93. The smallest absolute Gasteiger partial charge is 0.311 e. The maximum absolute atomic E-state index is 12.3. The van der Waals surface area contributed by atoms with Crippen LogP contribution >= 0.6 is 0 Å². The summed E-state index contributed by atoms with van der Waals surface area (Å²) in [6, 6.07) is 6.23. The Morgan fingerprint density at radius 1 is 0.962 bits per heavy atom. The molecule has 2 aromatic rings. The lowest BCUT2D eigenvalue weighted by atomic mass is 10.1. The number of ether oxygens (including phenoxy) is 1. The molecule has 0 saturated carbocycles. The molecule has 0 aliphatic rings. The van der Waals surface area contributed by atoms with Gasteiger partial charge < -0.3 is 29.9 Å². The van der Waals surface area contributed by atoms with E-state index in [1.807, 2.05) is 0 Å². The molecule has 0 heterocycles. The molecular formula is C16H10N2O8-2. The van der Waals surface area contributed by atoms with Crippen molar-refractivity contribution < 1.29 is 34.3 Å². The molecule has 0 aliphatic heterocycles. The molecule has 0 spiro atoms. The Morgan fingerprint density at radius 3 is 2.00 bits per heavy atom. The second kappa shape index (κ2) is 7.30. The van der Waals surface area contributed by atoms with Gasteiger partial charge in [0.05, 0.1) is 24.0 Å². The summed E-state index contributed by atoms with van der Waals surface area (Å²) in [7, 11) is 1.23. The van der Waals surface area contributed by atoms with Crippen LogP contribution in [0.4, 0.5) is 11.4 Å². The van der Waals surface area contributed by atoms with Gasteiger partial charge in [0.15, 0.2) is 5.75 Å². The van der Waals surface area contributed by atoms with Crippen LogP contribution in [-0.2, 0) is 0 Å². The van der Waals surface area contributed by atoms with E-state index in [1.165, 1.54) is 19.2 Å². The van der Waals surface area contributed by atoms with Crippen LogP contribution in [0.1, 0.15) is 31.1 Å². The summed E-state index contributed by atoms with van der Waals surface area (Å²) in [5.41, 5.74) is -1.69. The first kappa shape index (κ1) is 18.4. The number of carbonyl (C=O) groups excluding carboxylic acids is 3. The zero-order valence-electron chi connectivity index (χ0n) is 13.2. The maximum atomic E-state index is 12.3. The number of methoxy groups -OCH3 is 1. The Bertz CT molecular complexity index is 890. The van der Waals surface area contributed by atoms with Crippen LogP contribution in [0, 0.1) is 10.1 Å². The molecule has 26 heavy (non-hydrogen) atoms. The summed E-state index contributed by atoms with van der Waals surface area (Å²) < 4.78 is 4.83. The number of rotatable bonds is 6. The van der Waals surface area contributed by atoms with Gasteiger partial charge in [0, 0.05) is 17.3 Å². The Labute approximate surface area is 145 Å². The second-order valence-corrected chi connectivity index (χ2v) is 4.97. The summed E-state index contributed by atoms with van der Waals surface area (Å²) in [5.74, 6) is -4.17. The predicted octanol–water partition coefficient (Wildman–Crippen LogP) is -0.417. The third-order valence-corrected chi connectivity index (χ3v) is 3.30. The second-order valence-electron chi connectivity index (χ2n) is 4.97. The van der Waals surface area contributed by atoms with Crippen LogP contribution < -0.4 is 20.3 Å². The van der Waals surface area contributed by atoms with Gasteiger partial charge in [0.1, 0.15) is 0 Å². The number of nitrogens with zero attached hydrogens (tertiary/aromatic N) is 1. The zero-order chi connectivity index (χ0) is 19.4. The lowest BCUT2D eigenvalue weighted by Crippen LogP contribution is -2.26. The molecule has 0 unspecified atom stereocenters. The summed E-state index contributed by atoms with van der Waals surface area (Å²) in [4.78, 5) is 44.4. The number of benzene rings is 2. The van der Waals surface area contributed by atoms with E-state index in [1.54, 1.807) is 0 Å². The summed E-state index contributed by atoms with van der Waals surface area (Å²) in [6.45, 7) is 0. The van der Waals surface area contributed by atoms with E-state index in [4.69, 9.17) is 4.74 Å². The van der Waals surface area contributed by atoms with Crippen molar-refractivity contribution in [3.63, 3.8) is 0 Å². The van der Waals surface area contributed by atoms with Gasteiger partial charge in [-0.25, -0.2) is 0 Å². The number of carboxylic acid groups (broad SMARTS) is 2. The molecule has 2 aromatic carbocycles. The number of anilines is 1. The average Bonchev–Trinajstić information content (AvgIpc) is 2.60. The molecule has 1 N–H and O–H groups in total. The summed E-state index contributed by atoms with van der Waals surface area (Å²) in [5, 5.41) is 35.2. The molecule has 10 nitrogen and oxygen atoms in total. The number of nitrogens with one attached hydrogen (secondary N) is 1. The number of aromatic carboxylic acids is 2. The van der Waals surface area contributed by atoms with E-state index < -0.39 is 39.6 Å². The quantitative estimate of drug-likeness (QED) is 0.538. The minimum Gasteiger partial charge on any atom is -0.545 e. The summed E-state index contributed by atoms with van der Waals surface area (Å²) in [6.07, 6.45) is 0. The van der Waals surface area contributed by atoms with Crippen LogP contribution in [0.15, 0.2) is 36.4 Å². The van der Waals surface area contributed by atoms with Crippen molar-refractivity contribution >= 4 is 29.2 Å². The van der Waals surface area contributed by atoms with E-state index in [0.29, 0.717) is 0 Å². The molecule has 0 radical (unpaired) electrons. The first-order chi connectivity index (χ1) is 12.2. The number of carbonyl (C=O) groups is 3. The van der Waals surface area contributed by atoms with E-state index >= 15 is 0 Å². The predicted molar refractivity (Wildman–Crippen MR) is 82.7 cm³/mol. The SMILES string of the molecule is COc1ccc(C(=O)Nc2cc(C(=O)[O-])cc(C(=O)[O-])c2)cc1[N+](=O)[O-]. The van der Waals surface area contributed by atoms with Crippen molar-refractivity contribution in [3.8, 4) is 5.75 Å². The molecule has 0 saturated heterocycles. The highest BCUT2D eigenvalue weighted by Gasteiger charge is 2.18. The Kier molecular flexibility index (Phi) is 5.16. The normalized spacial score (nSPS) is 10.0. The minimum atomic E-state index is -1.65. The molecule has 2 rings (SSSR count). The van der Waals surface area contributed by atoms with Crippen molar-refractivity contribution in [2.45, 2.75) is 0 Å². The van der Waals surface area contributed by atoms with Crippen molar-refractivity contribution in [3.05, 3.63) is 63.2 Å². The number of carboxylic acids is 2. The first-order valence-corrected chi connectivity index (χ1v) is 6.94. The Hall–Kier alpha value is -3.95. The molecule has 0 aliphatic carbocycles. The van der Waals surface area contributed by atoms with Crippen LogP contribution in [0.5, 0.6) is 5.75 Å². The number of hydrogen-bond acceptors (Lipinski definition) is 8. The van der Waals surface area contributed by atoms with Gasteiger partial charge in [-0.05, 0) is 41.5 Å². The van der Waals surface area contributed by atoms with Crippen LogP contribution in [-0.4, -0.2) is 29.9 Å². The van der Waals surface area contributed by atoms with E-state index in [2.05, 4.69) is 5.32 Å². The Morgan fingerprint density at radius 2 is 1.54 bits per heavy atom. The zero-order valence-corrected chi connectivity index (χ0v) is 13.2. The number of nitro benzene ring substituents is 1. The maximum Gasteiger partial charge on any atom is 0.311 e. The van der Waals surface area contributed by atoms with E-state index in [-0.39, 0.29) is 17.0 Å². The topological polar surface area (TPSA) is 162 Å². The van der Waals surface area contributed by atoms with Gasteiger partial charge in [0.2, 0.25) is 0 Å². The van der Waals surface area contributed by atoms with Crippen LogP contribution in [0.25, 0.3) is 0 Å². The van der Waals surface area contributed by atoms with Gasteiger partial charge in [0.25, 0.3) is 5.91 Å². The molecule has 134 valence electrons. The van der Waals surface area contributed by atoms with Crippen molar-refractivity contribution in [2.24, 2.45) is 0 Å². The van der Waals surface area contributed by atoms with Crippen LogP contribution in [0.3, 0.4) is 0 Å². The minimum absolute atomic E-state index is 0.0512. The van der Waals surface area contributed by atoms with Gasteiger partial charge in [-0.3, -0.25) is 14.9 Å². The van der Waals surface area contributed by atoms with E-state index in [9.17, 15) is 34.7 Å². The number of hydrogen-bond donors (Lipinski definition) is 1. The molecule has 0 atom stereocenters. The van der Waals surface area contributed by atoms with Gasteiger partial charge in [-0.15, -0.1) is 0 Å². The molecule has 10 heteroatoms. The van der Waals surface area contributed by atoms with Crippen molar-refractivity contribution in [1.82, 2.24) is 0 Å². The lowest BCUT2D eigenvalue weighted by molar-refractivity contribution is -0.385. The van der Waals surface area contributed by atoms with Gasteiger partial charge in [-0.1, -0.05) is 0 Å². The molecule has 0 fully saturated rings. The largest absolute Gasteiger partial charge is 0.545 e. The Balaban J connectivity index is 2.38. The van der Waals surface area contributed by atoms with E-state index in [0.717, 1.165) is 24.3 Å². The summed E-state index contributed by atoms with van der Waals surface area (Å²) >= 11 is 0. The molecular weight excluding hydrogens is 348 g/mol. The third-order valence-electron chi connectivity index (χ3n) is 3.30. The van der Waals surface area contributed by atoms with Gasteiger partial charge in [-0.2, -0.15) is 0 Å². The van der Waals surface area contributed by atoms with Crippen LogP contribution in [0.2, 0.25) is 0 Å².